The molecule has 128 valence electrons. The lowest BCUT2D eigenvalue weighted by Gasteiger charge is -2.20. The molecule has 0 atom stereocenters. The third-order valence-corrected chi connectivity index (χ3v) is 3.84. The number of hydrogen-bond donors (Lipinski definition) is 1. The summed E-state index contributed by atoms with van der Waals surface area (Å²) >= 11 is 0. The van der Waals surface area contributed by atoms with Gasteiger partial charge >= 0.3 is 0 Å². The van der Waals surface area contributed by atoms with Gasteiger partial charge in [0, 0.05) is 32.1 Å². The average molecular weight is 322 g/mol. The second-order valence-corrected chi connectivity index (χ2v) is 5.75. The lowest BCUT2D eigenvalue weighted by molar-refractivity contribution is -0.130. The first-order chi connectivity index (χ1) is 11.1. The smallest absolute Gasteiger partial charge is 0.244 e. The van der Waals surface area contributed by atoms with Gasteiger partial charge in [0.15, 0.2) is 6.29 Å². The maximum Gasteiger partial charge on any atom is 0.244 e. The maximum atomic E-state index is 11.8. The van der Waals surface area contributed by atoms with Crippen LogP contribution in [0.25, 0.3) is 0 Å². The molecule has 6 nitrogen and oxygen atoms in total. The Kier molecular flexibility index (Phi) is 9.59. The van der Waals surface area contributed by atoms with Crippen molar-refractivity contribution in [2.24, 2.45) is 0 Å². The molecule has 0 saturated carbocycles. The minimum atomic E-state index is -0.719. The average Bonchev–Trinajstić information content (AvgIpc) is 2.76. The number of ketones is 1. The van der Waals surface area contributed by atoms with Gasteiger partial charge in [0.05, 0.1) is 0 Å². The number of nitrogens with one attached hydrogen (secondary N) is 1. The van der Waals surface area contributed by atoms with E-state index in [0.717, 1.165) is 70.2 Å². The predicted molar refractivity (Wildman–Crippen MR) is 86.7 cm³/mol. The molecule has 1 saturated heterocycles. The molecule has 23 heavy (non-hydrogen) atoms. The highest BCUT2D eigenvalue weighted by atomic mass is 16.2. The topological polar surface area (TPSA) is 83.6 Å². The standard InChI is InChI=1S/C17H26N2O4/c20-14-15(21)9-10-16(22)18-11-5-1-2-6-12-19-13-7-3-4-8-17(19)23/h9-10,14H,1-8,11-13H2,(H,18,22)/b10-9-. The molecule has 1 N–H and O–H groups in total. The Morgan fingerprint density at radius 3 is 2.61 bits per heavy atom. The van der Waals surface area contributed by atoms with E-state index in [4.69, 9.17) is 0 Å². The van der Waals surface area contributed by atoms with Gasteiger partial charge < -0.3 is 10.2 Å². The van der Waals surface area contributed by atoms with E-state index in [9.17, 15) is 19.2 Å². The highest BCUT2D eigenvalue weighted by Gasteiger charge is 2.15. The molecule has 1 heterocycles. The molecule has 1 aliphatic heterocycles. The second kappa shape index (κ2) is 11.6. The predicted octanol–water partition coefficient (Wildman–Crippen LogP) is 1.39. The lowest BCUT2D eigenvalue weighted by Crippen LogP contribution is -2.31. The Morgan fingerprint density at radius 1 is 1.04 bits per heavy atom. The zero-order valence-corrected chi connectivity index (χ0v) is 13.6. The number of carbonyl (C=O) groups excluding carboxylic acids is 4. The lowest BCUT2D eigenvalue weighted by atomic mass is 10.2. The van der Waals surface area contributed by atoms with Gasteiger partial charge in [-0.05, 0) is 31.8 Å². The minimum Gasteiger partial charge on any atom is -0.353 e. The Balaban J connectivity index is 2.01. The van der Waals surface area contributed by atoms with E-state index in [2.05, 4.69) is 5.32 Å². The molecule has 0 aromatic rings. The first-order valence-corrected chi connectivity index (χ1v) is 8.36. The summed E-state index contributed by atoms with van der Waals surface area (Å²) in [7, 11) is 0. The van der Waals surface area contributed by atoms with Crippen LogP contribution in [0.5, 0.6) is 0 Å². The number of rotatable bonds is 10. The number of nitrogens with zero attached hydrogens (tertiary/aromatic N) is 1. The SMILES string of the molecule is O=CC(=O)/C=C\C(=O)NCCCCCCN1CCCCCC1=O. The van der Waals surface area contributed by atoms with Crippen molar-refractivity contribution in [1.29, 1.82) is 0 Å². The van der Waals surface area contributed by atoms with Crippen molar-refractivity contribution >= 4 is 23.9 Å². The number of likely N-dealkylation sites (tertiary alicyclic amines) is 1. The fraction of sp³-hybridized carbons (Fsp3) is 0.647. The van der Waals surface area contributed by atoms with E-state index in [1.165, 1.54) is 0 Å². The molecule has 2 amide bonds. The molecule has 1 fully saturated rings. The van der Waals surface area contributed by atoms with E-state index in [0.29, 0.717) is 13.0 Å². The van der Waals surface area contributed by atoms with Crippen LogP contribution in [0.15, 0.2) is 12.2 Å². The molecular formula is C17H26N2O4. The van der Waals surface area contributed by atoms with Crippen molar-refractivity contribution in [1.82, 2.24) is 10.2 Å². The van der Waals surface area contributed by atoms with Crippen LogP contribution in [0.4, 0.5) is 0 Å². The van der Waals surface area contributed by atoms with Crippen molar-refractivity contribution in [2.75, 3.05) is 19.6 Å². The molecule has 0 aliphatic carbocycles. The highest BCUT2D eigenvalue weighted by molar-refractivity contribution is 6.31. The van der Waals surface area contributed by atoms with Gasteiger partial charge in [-0.2, -0.15) is 0 Å². The summed E-state index contributed by atoms with van der Waals surface area (Å²) in [4.78, 5) is 45.9. The van der Waals surface area contributed by atoms with Gasteiger partial charge in [-0.15, -0.1) is 0 Å². The van der Waals surface area contributed by atoms with E-state index in [1.54, 1.807) is 0 Å². The molecule has 0 unspecified atom stereocenters. The van der Waals surface area contributed by atoms with Crippen LogP contribution in [-0.2, 0) is 19.2 Å². The molecular weight excluding hydrogens is 296 g/mol. The summed E-state index contributed by atoms with van der Waals surface area (Å²) < 4.78 is 0. The minimum absolute atomic E-state index is 0.166. The first-order valence-electron chi connectivity index (χ1n) is 8.36. The number of carbonyl (C=O) groups is 4. The van der Waals surface area contributed by atoms with Crippen LogP contribution in [0.3, 0.4) is 0 Å². The van der Waals surface area contributed by atoms with Crippen molar-refractivity contribution in [3.8, 4) is 0 Å². The molecule has 0 aromatic carbocycles. The van der Waals surface area contributed by atoms with E-state index >= 15 is 0 Å². The van der Waals surface area contributed by atoms with Crippen LogP contribution in [0, 0.1) is 0 Å². The Bertz CT molecular complexity index is 446. The molecule has 0 aromatic heterocycles. The normalized spacial score (nSPS) is 15.5. The van der Waals surface area contributed by atoms with Crippen LogP contribution >= 0.6 is 0 Å². The first kappa shape index (κ1) is 19.1. The van der Waals surface area contributed by atoms with Gasteiger partial charge in [0.1, 0.15) is 0 Å². The van der Waals surface area contributed by atoms with Crippen molar-refractivity contribution in [2.45, 2.75) is 51.4 Å². The van der Waals surface area contributed by atoms with E-state index in [-0.39, 0.29) is 18.1 Å². The van der Waals surface area contributed by atoms with Crippen LogP contribution in [0.1, 0.15) is 51.4 Å². The summed E-state index contributed by atoms with van der Waals surface area (Å²) in [5.41, 5.74) is 0. The zero-order chi connectivity index (χ0) is 16.9. The maximum absolute atomic E-state index is 11.8. The summed E-state index contributed by atoms with van der Waals surface area (Å²) in [5, 5.41) is 2.66. The fourth-order valence-electron chi connectivity index (χ4n) is 2.52. The van der Waals surface area contributed by atoms with E-state index < -0.39 is 5.78 Å². The third kappa shape index (κ3) is 8.90. The molecule has 6 heteroatoms. The monoisotopic (exact) mass is 322 g/mol. The van der Waals surface area contributed by atoms with Crippen molar-refractivity contribution in [3.05, 3.63) is 12.2 Å². The molecule has 0 bridgehead atoms. The largest absolute Gasteiger partial charge is 0.353 e. The van der Waals surface area contributed by atoms with E-state index in [1.807, 2.05) is 4.90 Å². The number of amides is 2. The number of unbranched alkanes of at least 4 members (excludes halogenated alkanes) is 3. The fourth-order valence-corrected chi connectivity index (χ4v) is 2.52. The van der Waals surface area contributed by atoms with Crippen molar-refractivity contribution in [3.63, 3.8) is 0 Å². The molecule has 0 radical (unpaired) electrons. The second-order valence-electron chi connectivity index (χ2n) is 5.75. The Morgan fingerprint density at radius 2 is 1.83 bits per heavy atom. The Labute approximate surface area is 137 Å². The zero-order valence-electron chi connectivity index (χ0n) is 13.6. The van der Waals surface area contributed by atoms with Gasteiger partial charge in [-0.3, -0.25) is 19.2 Å². The summed E-state index contributed by atoms with van der Waals surface area (Å²) in [6.45, 7) is 2.27. The van der Waals surface area contributed by atoms with Crippen LogP contribution in [0.2, 0.25) is 0 Å². The van der Waals surface area contributed by atoms with Gasteiger partial charge in [0.25, 0.3) is 0 Å². The van der Waals surface area contributed by atoms with Gasteiger partial charge in [-0.1, -0.05) is 19.3 Å². The Hall–Kier alpha value is -1.98. The molecule has 1 aliphatic rings. The quantitative estimate of drug-likeness (QED) is 0.285. The van der Waals surface area contributed by atoms with Crippen LogP contribution < -0.4 is 5.32 Å². The third-order valence-electron chi connectivity index (χ3n) is 3.84. The summed E-state index contributed by atoms with van der Waals surface area (Å²) in [6.07, 6.45) is 10.0. The van der Waals surface area contributed by atoms with Gasteiger partial charge in [0.2, 0.25) is 17.6 Å². The van der Waals surface area contributed by atoms with Crippen molar-refractivity contribution < 1.29 is 19.2 Å². The molecule has 1 rings (SSSR count). The highest BCUT2D eigenvalue weighted by Crippen LogP contribution is 2.12. The molecule has 0 spiro atoms. The number of aldehydes is 1. The van der Waals surface area contributed by atoms with Crippen LogP contribution in [-0.4, -0.2) is 48.4 Å². The van der Waals surface area contributed by atoms with Gasteiger partial charge in [-0.25, -0.2) is 0 Å². The summed E-state index contributed by atoms with van der Waals surface area (Å²) in [6, 6.07) is 0. The summed E-state index contributed by atoms with van der Waals surface area (Å²) in [5.74, 6) is -0.801. The number of hydrogen-bond acceptors (Lipinski definition) is 4. The number of allylic oxidation sites excluding steroid dienone is 1.